The molecule has 3 nitrogen and oxygen atoms in total. The van der Waals surface area contributed by atoms with Crippen LogP contribution in [0.15, 0.2) is 42.5 Å². The molecule has 1 amide bonds. The zero-order chi connectivity index (χ0) is 14.7. The van der Waals surface area contributed by atoms with E-state index in [4.69, 9.17) is 0 Å². The van der Waals surface area contributed by atoms with E-state index in [1.165, 1.54) is 17.5 Å². The molecule has 0 unspecified atom stereocenters. The van der Waals surface area contributed by atoms with Gasteiger partial charge in [0.05, 0.1) is 0 Å². The van der Waals surface area contributed by atoms with Crippen molar-refractivity contribution in [1.29, 1.82) is 0 Å². The van der Waals surface area contributed by atoms with Crippen LogP contribution < -0.4 is 5.32 Å². The molecule has 1 aliphatic carbocycles. The van der Waals surface area contributed by atoms with E-state index in [9.17, 15) is 9.90 Å². The van der Waals surface area contributed by atoms with Crippen LogP contribution in [-0.2, 0) is 24.1 Å². The summed E-state index contributed by atoms with van der Waals surface area (Å²) in [4.78, 5) is 12.0. The van der Waals surface area contributed by atoms with E-state index in [0.29, 0.717) is 12.8 Å². The number of rotatable bonds is 4. The monoisotopic (exact) mass is 281 g/mol. The molecule has 0 spiro atoms. The topological polar surface area (TPSA) is 49.3 Å². The predicted octanol–water partition coefficient (Wildman–Crippen LogP) is 3.45. The van der Waals surface area contributed by atoms with Crippen LogP contribution in [0.2, 0.25) is 0 Å². The van der Waals surface area contributed by atoms with Crippen LogP contribution >= 0.6 is 0 Å². The predicted molar refractivity (Wildman–Crippen MR) is 83.5 cm³/mol. The Kier molecular flexibility index (Phi) is 3.91. The zero-order valence-corrected chi connectivity index (χ0v) is 11.9. The number of para-hydroxylation sites is 1. The van der Waals surface area contributed by atoms with Crippen molar-refractivity contribution < 1.29 is 9.90 Å². The normalized spacial score (nSPS) is 13.0. The molecular weight excluding hydrogens is 262 g/mol. The van der Waals surface area contributed by atoms with Gasteiger partial charge in [-0.3, -0.25) is 4.79 Å². The minimum Gasteiger partial charge on any atom is -0.508 e. The van der Waals surface area contributed by atoms with Crippen molar-refractivity contribution in [2.24, 2.45) is 0 Å². The minimum absolute atomic E-state index is 0.0174. The fraction of sp³-hybridized carbons (Fsp3) is 0.278. The molecule has 2 N–H and O–H groups in total. The molecular formula is C18H19NO2. The second-order valence-corrected chi connectivity index (χ2v) is 5.51. The highest BCUT2D eigenvalue weighted by Gasteiger charge is 2.12. The summed E-state index contributed by atoms with van der Waals surface area (Å²) in [5, 5.41) is 12.6. The highest BCUT2D eigenvalue weighted by Crippen LogP contribution is 2.25. The Morgan fingerprint density at radius 1 is 1.10 bits per heavy atom. The lowest BCUT2D eigenvalue weighted by Crippen LogP contribution is -2.12. The molecule has 0 aromatic heterocycles. The van der Waals surface area contributed by atoms with Gasteiger partial charge in [0.2, 0.25) is 5.91 Å². The second-order valence-electron chi connectivity index (χ2n) is 5.51. The molecule has 0 fully saturated rings. The number of carbonyl (C=O) groups excluding carboxylic acids is 1. The smallest absolute Gasteiger partial charge is 0.224 e. The van der Waals surface area contributed by atoms with Crippen molar-refractivity contribution in [3.63, 3.8) is 0 Å². The first-order valence-electron chi connectivity index (χ1n) is 7.41. The second kappa shape index (κ2) is 6.00. The van der Waals surface area contributed by atoms with Crippen molar-refractivity contribution in [3.05, 3.63) is 59.2 Å². The molecule has 108 valence electrons. The Morgan fingerprint density at radius 3 is 2.76 bits per heavy atom. The summed E-state index contributed by atoms with van der Waals surface area (Å²) < 4.78 is 0. The number of carbonyl (C=O) groups is 1. The van der Waals surface area contributed by atoms with Crippen molar-refractivity contribution >= 4 is 11.6 Å². The van der Waals surface area contributed by atoms with Gasteiger partial charge in [-0.1, -0.05) is 24.3 Å². The van der Waals surface area contributed by atoms with Crippen molar-refractivity contribution in [2.75, 3.05) is 5.32 Å². The van der Waals surface area contributed by atoms with Gasteiger partial charge in [-0.05, 0) is 60.6 Å². The van der Waals surface area contributed by atoms with Crippen LogP contribution in [0, 0.1) is 0 Å². The third-order valence-corrected chi connectivity index (χ3v) is 4.00. The largest absolute Gasteiger partial charge is 0.508 e. The molecule has 0 saturated carbocycles. The Morgan fingerprint density at radius 2 is 1.90 bits per heavy atom. The van der Waals surface area contributed by atoms with Crippen LogP contribution in [0.1, 0.15) is 29.5 Å². The van der Waals surface area contributed by atoms with Gasteiger partial charge in [0.25, 0.3) is 0 Å². The summed E-state index contributed by atoms with van der Waals surface area (Å²) >= 11 is 0. The molecule has 2 aromatic rings. The highest BCUT2D eigenvalue weighted by molar-refractivity contribution is 5.91. The Labute approximate surface area is 124 Å². The molecule has 0 radical (unpaired) electrons. The number of hydrogen-bond acceptors (Lipinski definition) is 2. The molecule has 1 aliphatic rings. The van der Waals surface area contributed by atoms with E-state index < -0.39 is 0 Å². The summed E-state index contributed by atoms with van der Waals surface area (Å²) in [6.45, 7) is 0. The molecule has 0 saturated heterocycles. The minimum atomic E-state index is -0.0174. The van der Waals surface area contributed by atoms with Crippen molar-refractivity contribution in [1.82, 2.24) is 0 Å². The Bertz CT molecular complexity index is 664. The molecule has 0 atom stereocenters. The summed E-state index contributed by atoms with van der Waals surface area (Å²) in [5.74, 6) is 0.235. The van der Waals surface area contributed by atoms with Gasteiger partial charge in [0, 0.05) is 12.1 Å². The van der Waals surface area contributed by atoms with Gasteiger partial charge in [0.1, 0.15) is 5.75 Å². The van der Waals surface area contributed by atoms with Crippen molar-refractivity contribution in [2.45, 2.75) is 32.1 Å². The van der Waals surface area contributed by atoms with E-state index in [1.54, 1.807) is 12.1 Å². The van der Waals surface area contributed by atoms with Crippen molar-refractivity contribution in [3.8, 4) is 5.75 Å². The number of nitrogens with one attached hydrogen (secondary N) is 1. The number of phenolic OH excluding ortho intramolecular Hbond substituents is 1. The summed E-state index contributed by atoms with van der Waals surface area (Å²) in [5.41, 5.74) is 4.44. The number of aromatic hydroxyl groups is 1. The Hall–Kier alpha value is -2.29. The van der Waals surface area contributed by atoms with E-state index in [1.807, 2.05) is 18.2 Å². The number of amides is 1. The van der Waals surface area contributed by atoms with Gasteiger partial charge >= 0.3 is 0 Å². The van der Waals surface area contributed by atoms with Crippen LogP contribution in [0.25, 0.3) is 0 Å². The number of benzene rings is 2. The number of anilines is 1. The summed E-state index contributed by atoms with van der Waals surface area (Å²) in [7, 11) is 0. The van der Waals surface area contributed by atoms with E-state index in [0.717, 1.165) is 24.1 Å². The lowest BCUT2D eigenvalue weighted by atomic mass is 10.1. The maximum Gasteiger partial charge on any atom is 0.224 e. The highest BCUT2D eigenvalue weighted by atomic mass is 16.3. The first-order chi connectivity index (χ1) is 10.2. The zero-order valence-electron chi connectivity index (χ0n) is 11.9. The van der Waals surface area contributed by atoms with Gasteiger partial charge in [0.15, 0.2) is 0 Å². The van der Waals surface area contributed by atoms with Crippen LogP contribution in [-0.4, -0.2) is 11.0 Å². The molecule has 0 heterocycles. The molecule has 3 rings (SSSR count). The van der Waals surface area contributed by atoms with Gasteiger partial charge < -0.3 is 10.4 Å². The first kappa shape index (κ1) is 13.7. The fourth-order valence-electron chi connectivity index (χ4n) is 2.84. The average Bonchev–Trinajstić information content (AvgIpc) is 2.94. The van der Waals surface area contributed by atoms with Gasteiger partial charge in [-0.2, -0.15) is 0 Å². The third kappa shape index (κ3) is 3.24. The molecule has 2 aromatic carbocycles. The van der Waals surface area contributed by atoms with E-state index in [-0.39, 0.29) is 11.7 Å². The number of hydrogen-bond donors (Lipinski definition) is 2. The standard InChI is InChI=1S/C18H19NO2/c20-17-7-2-1-4-14(17)9-11-18(21)19-16-10-8-13-5-3-6-15(13)12-16/h1-2,4,7-8,10,12,20H,3,5-6,9,11H2,(H,19,21). The van der Waals surface area contributed by atoms with Gasteiger partial charge in [-0.25, -0.2) is 0 Å². The van der Waals surface area contributed by atoms with E-state index >= 15 is 0 Å². The first-order valence-corrected chi connectivity index (χ1v) is 7.41. The van der Waals surface area contributed by atoms with E-state index in [2.05, 4.69) is 17.4 Å². The fourth-order valence-corrected chi connectivity index (χ4v) is 2.84. The lowest BCUT2D eigenvalue weighted by molar-refractivity contribution is -0.116. The lowest BCUT2D eigenvalue weighted by Gasteiger charge is -2.08. The molecule has 0 bridgehead atoms. The summed E-state index contributed by atoms with van der Waals surface area (Å²) in [6, 6.07) is 13.3. The molecule has 0 aliphatic heterocycles. The Balaban J connectivity index is 1.58. The maximum atomic E-state index is 12.0. The van der Waals surface area contributed by atoms with Crippen LogP contribution in [0.4, 0.5) is 5.69 Å². The van der Waals surface area contributed by atoms with Crippen LogP contribution in [0.3, 0.4) is 0 Å². The quantitative estimate of drug-likeness (QED) is 0.901. The number of phenols is 1. The van der Waals surface area contributed by atoms with Gasteiger partial charge in [-0.15, -0.1) is 0 Å². The SMILES string of the molecule is O=C(CCc1ccccc1O)Nc1ccc2c(c1)CCC2. The number of aryl methyl sites for hydroxylation is 3. The van der Waals surface area contributed by atoms with Crippen LogP contribution in [0.5, 0.6) is 5.75 Å². The average molecular weight is 281 g/mol. The third-order valence-electron chi connectivity index (χ3n) is 4.00. The molecule has 3 heteroatoms. The maximum absolute atomic E-state index is 12.0. The molecule has 21 heavy (non-hydrogen) atoms. The number of fused-ring (bicyclic) bond motifs is 1. The summed E-state index contributed by atoms with van der Waals surface area (Å²) in [6.07, 6.45) is 4.38.